The van der Waals surface area contributed by atoms with Crippen LogP contribution in [0.5, 0.6) is 11.5 Å². The molecule has 0 spiro atoms. The van der Waals surface area contributed by atoms with E-state index in [2.05, 4.69) is 0 Å². The lowest BCUT2D eigenvalue weighted by Gasteiger charge is -2.28. The average Bonchev–Trinajstić information content (AvgIpc) is 2.62. The molecule has 4 rings (SSSR count). The van der Waals surface area contributed by atoms with Crippen LogP contribution in [-0.2, 0) is 17.6 Å². The Kier molecular flexibility index (Phi) is 3.29. The summed E-state index contributed by atoms with van der Waals surface area (Å²) >= 11 is 0. The van der Waals surface area contributed by atoms with Crippen molar-refractivity contribution in [2.24, 2.45) is 5.92 Å². The summed E-state index contributed by atoms with van der Waals surface area (Å²) in [6.45, 7) is 1.50. The molecular formula is C20H16O5. The van der Waals surface area contributed by atoms with E-state index >= 15 is 0 Å². The van der Waals surface area contributed by atoms with Crippen molar-refractivity contribution in [1.29, 1.82) is 0 Å². The summed E-state index contributed by atoms with van der Waals surface area (Å²) in [4.78, 5) is 37.4. The molecule has 0 heterocycles. The standard InChI is InChI=1S/C20H16O5/c1-9(21)10-6-7-13-14(8-10)20(25)16-15(19(13)24)17(22)11-4-2-3-5-12(11)18(16)23/h2-5,10,24-25H,6-8H2,1H3/t10-/m1/s1. The fourth-order valence-corrected chi connectivity index (χ4v) is 3.92. The quantitative estimate of drug-likeness (QED) is 0.666. The molecular weight excluding hydrogens is 320 g/mol. The second kappa shape index (κ2) is 5.28. The summed E-state index contributed by atoms with van der Waals surface area (Å²) in [6.07, 6.45) is 1.20. The first-order valence-corrected chi connectivity index (χ1v) is 8.20. The number of Topliss-reactive ketones (excluding diaryl/α,β-unsaturated/α-hetero) is 1. The molecule has 0 unspecified atom stereocenters. The lowest BCUT2D eigenvalue weighted by atomic mass is 9.75. The number of fused-ring (bicyclic) bond motifs is 3. The number of carbonyl (C=O) groups excluding carboxylic acids is 3. The van der Waals surface area contributed by atoms with Crippen LogP contribution in [0.25, 0.3) is 0 Å². The van der Waals surface area contributed by atoms with Gasteiger partial charge in [-0.2, -0.15) is 0 Å². The van der Waals surface area contributed by atoms with Gasteiger partial charge < -0.3 is 10.2 Å². The highest BCUT2D eigenvalue weighted by Gasteiger charge is 2.39. The lowest BCUT2D eigenvalue weighted by Crippen LogP contribution is -2.26. The zero-order chi connectivity index (χ0) is 17.9. The van der Waals surface area contributed by atoms with E-state index in [-0.39, 0.29) is 51.9 Å². The molecule has 0 aromatic heterocycles. The highest BCUT2D eigenvalue weighted by Crippen LogP contribution is 2.46. The van der Waals surface area contributed by atoms with Gasteiger partial charge >= 0.3 is 0 Å². The molecule has 25 heavy (non-hydrogen) atoms. The third-order valence-corrected chi connectivity index (χ3v) is 5.30. The Morgan fingerprint density at radius 2 is 1.48 bits per heavy atom. The predicted octanol–water partition coefficient (Wildman–Crippen LogP) is 2.57. The summed E-state index contributed by atoms with van der Waals surface area (Å²) in [5.41, 5.74) is 1.04. The Morgan fingerprint density at radius 1 is 0.960 bits per heavy atom. The second-order valence-electron chi connectivity index (χ2n) is 6.66. The molecule has 1 atom stereocenters. The summed E-state index contributed by atoms with van der Waals surface area (Å²) in [6, 6.07) is 6.38. The lowest BCUT2D eigenvalue weighted by molar-refractivity contribution is -0.121. The van der Waals surface area contributed by atoms with E-state index in [1.807, 2.05) is 0 Å². The Bertz CT molecular complexity index is 971. The molecule has 2 aliphatic carbocycles. The number of hydrogen-bond acceptors (Lipinski definition) is 5. The molecule has 0 aliphatic heterocycles. The van der Waals surface area contributed by atoms with Gasteiger partial charge in [-0.05, 0) is 26.2 Å². The minimum Gasteiger partial charge on any atom is -0.507 e. The smallest absolute Gasteiger partial charge is 0.198 e. The van der Waals surface area contributed by atoms with Crippen molar-refractivity contribution in [1.82, 2.24) is 0 Å². The maximum Gasteiger partial charge on any atom is 0.198 e. The van der Waals surface area contributed by atoms with Crippen molar-refractivity contribution < 1.29 is 24.6 Å². The van der Waals surface area contributed by atoms with Gasteiger partial charge in [0, 0.05) is 28.2 Å². The first-order chi connectivity index (χ1) is 11.9. The van der Waals surface area contributed by atoms with Crippen molar-refractivity contribution in [3.05, 3.63) is 57.6 Å². The normalized spacial score (nSPS) is 18.4. The highest BCUT2D eigenvalue weighted by atomic mass is 16.3. The number of rotatable bonds is 1. The zero-order valence-electron chi connectivity index (χ0n) is 13.6. The Labute approximate surface area is 143 Å². The van der Waals surface area contributed by atoms with Crippen molar-refractivity contribution in [3.8, 4) is 11.5 Å². The van der Waals surface area contributed by atoms with E-state index < -0.39 is 11.6 Å². The third-order valence-electron chi connectivity index (χ3n) is 5.30. The van der Waals surface area contributed by atoms with Gasteiger partial charge in [-0.3, -0.25) is 14.4 Å². The van der Waals surface area contributed by atoms with E-state index in [1.165, 1.54) is 13.0 Å². The third kappa shape index (κ3) is 2.05. The fraction of sp³-hybridized carbons (Fsp3) is 0.250. The Morgan fingerprint density at radius 3 is 2.00 bits per heavy atom. The van der Waals surface area contributed by atoms with Crippen LogP contribution in [0.4, 0.5) is 0 Å². The number of carbonyl (C=O) groups is 3. The summed E-state index contributed by atoms with van der Waals surface area (Å²) < 4.78 is 0. The van der Waals surface area contributed by atoms with Gasteiger partial charge in [-0.15, -0.1) is 0 Å². The first-order valence-electron chi connectivity index (χ1n) is 8.20. The first kappa shape index (κ1) is 15.6. The molecule has 5 heteroatoms. The zero-order valence-corrected chi connectivity index (χ0v) is 13.6. The highest BCUT2D eigenvalue weighted by molar-refractivity contribution is 6.30. The van der Waals surface area contributed by atoms with Crippen LogP contribution in [-0.4, -0.2) is 27.6 Å². The van der Waals surface area contributed by atoms with Gasteiger partial charge in [-0.1, -0.05) is 24.3 Å². The molecule has 0 fully saturated rings. The molecule has 0 radical (unpaired) electrons. The van der Waals surface area contributed by atoms with Gasteiger partial charge in [0.15, 0.2) is 11.6 Å². The number of phenolic OH excluding ortho intramolecular Hbond substituents is 2. The maximum absolute atomic E-state index is 12.8. The molecule has 0 amide bonds. The summed E-state index contributed by atoms with van der Waals surface area (Å²) in [5.74, 6) is -1.70. The van der Waals surface area contributed by atoms with E-state index in [0.717, 1.165) is 0 Å². The van der Waals surface area contributed by atoms with Crippen molar-refractivity contribution >= 4 is 17.3 Å². The molecule has 0 saturated heterocycles. The molecule has 5 nitrogen and oxygen atoms in total. The number of ketones is 3. The molecule has 2 aromatic carbocycles. The van der Waals surface area contributed by atoms with Gasteiger partial charge in [0.1, 0.15) is 17.3 Å². The number of hydrogen-bond donors (Lipinski definition) is 2. The average molecular weight is 336 g/mol. The van der Waals surface area contributed by atoms with E-state index in [0.29, 0.717) is 24.0 Å². The summed E-state index contributed by atoms with van der Waals surface area (Å²) in [5, 5.41) is 21.4. The molecule has 126 valence electrons. The minimum atomic E-state index is -0.481. The molecule has 2 aliphatic rings. The largest absolute Gasteiger partial charge is 0.507 e. The van der Waals surface area contributed by atoms with Crippen molar-refractivity contribution in [2.75, 3.05) is 0 Å². The van der Waals surface area contributed by atoms with Crippen LogP contribution in [0.15, 0.2) is 24.3 Å². The monoisotopic (exact) mass is 336 g/mol. The Hall–Kier alpha value is -2.95. The van der Waals surface area contributed by atoms with Gasteiger partial charge in [-0.25, -0.2) is 0 Å². The SMILES string of the molecule is CC(=O)[C@@H]1CCc2c(O)c3c(c(O)c2C1)C(=O)c1ccccc1C3=O. The van der Waals surface area contributed by atoms with E-state index in [1.54, 1.807) is 18.2 Å². The second-order valence-corrected chi connectivity index (χ2v) is 6.66. The van der Waals surface area contributed by atoms with Crippen LogP contribution in [0.3, 0.4) is 0 Å². The van der Waals surface area contributed by atoms with Crippen molar-refractivity contribution in [2.45, 2.75) is 26.2 Å². The minimum absolute atomic E-state index is 0.00927. The molecule has 0 saturated carbocycles. The van der Waals surface area contributed by atoms with Crippen LogP contribution >= 0.6 is 0 Å². The number of aromatic hydroxyl groups is 2. The molecule has 0 bridgehead atoms. The van der Waals surface area contributed by atoms with Crippen LogP contribution < -0.4 is 0 Å². The van der Waals surface area contributed by atoms with Crippen molar-refractivity contribution in [3.63, 3.8) is 0 Å². The van der Waals surface area contributed by atoms with Crippen LogP contribution in [0.1, 0.15) is 56.3 Å². The van der Waals surface area contributed by atoms with Gasteiger partial charge in [0.05, 0.1) is 11.1 Å². The van der Waals surface area contributed by atoms with E-state index in [4.69, 9.17) is 0 Å². The maximum atomic E-state index is 12.8. The molecule has 2 aromatic rings. The van der Waals surface area contributed by atoms with Crippen LogP contribution in [0.2, 0.25) is 0 Å². The predicted molar refractivity (Wildman–Crippen MR) is 89.3 cm³/mol. The Balaban J connectivity index is 1.99. The van der Waals surface area contributed by atoms with E-state index in [9.17, 15) is 24.6 Å². The topological polar surface area (TPSA) is 91.7 Å². The van der Waals surface area contributed by atoms with Crippen LogP contribution in [0, 0.1) is 5.92 Å². The molecule has 2 N–H and O–H groups in total. The van der Waals surface area contributed by atoms with Gasteiger partial charge in [0.25, 0.3) is 0 Å². The van der Waals surface area contributed by atoms with Gasteiger partial charge in [0.2, 0.25) is 0 Å². The fourth-order valence-electron chi connectivity index (χ4n) is 3.92. The number of phenols is 2. The number of benzene rings is 2. The summed E-state index contributed by atoms with van der Waals surface area (Å²) in [7, 11) is 0.